The van der Waals surface area contributed by atoms with Crippen molar-refractivity contribution in [3.63, 3.8) is 0 Å². The summed E-state index contributed by atoms with van der Waals surface area (Å²) < 4.78 is 0. The molecule has 0 aliphatic heterocycles. The molecular formula is C16H28N2O. The first kappa shape index (κ1) is 14.6. The maximum absolute atomic E-state index is 9.12. The molecular weight excluding hydrogens is 236 g/mol. The zero-order valence-electron chi connectivity index (χ0n) is 12.5. The summed E-state index contributed by atoms with van der Waals surface area (Å²) >= 11 is 0. The molecule has 0 saturated carbocycles. The van der Waals surface area contributed by atoms with Gasteiger partial charge < -0.3 is 10.1 Å². The van der Waals surface area contributed by atoms with Crippen molar-refractivity contribution in [1.29, 1.82) is 0 Å². The molecule has 2 rings (SSSR count). The summed E-state index contributed by atoms with van der Waals surface area (Å²) in [5.41, 5.74) is 3.93. The fourth-order valence-electron chi connectivity index (χ4n) is 3.69. The van der Waals surface area contributed by atoms with Crippen LogP contribution in [0.15, 0.2) is 16.3 Å². The average molecular weight is 264 g/mol. The highest BCUT2D eigenvalue weighted by Crippen LogP contribution is 2.36. The maximum atomic E-state index is 9.12. The fourth-order valence-corrected chi connectivity index (χ4v) is 3.69. The van der Waals surface area contributed by atoms with Crippen LogP contribution in [0.5, 0.6) is 0 Å². The number of hydrogen-bond donors (Lipinski definition) is 1. The molecule has 3 nitrogen and oxygen atoms in total. The second-order valence-electron chi connectivity index (χ2n) is 5.91. The van der Waals surface area contributed by atoms with Gasteiger partial charge in [0.05, 0.1) is 5.71 Å². The van der Waals surface area contributed by atoms with Crippen LogP contribution >= 0.6 is 0 Å². The quantitative estimate of drug-likeness (QED) is 0.602. The monoisotopic (exact) mass is 264 g/mol. The Hall–Kier alpha value is -0.830. The minimum Gasteiger partial charge on any atom is -0.411 e. The van der Waals surface area contributed by atoms with Crippen molar-refractivity contribution >= 4 is 5.71 Å². The van der Waals surface area contributed by atoms with E-state index in [1.165, 1.54) is 50.8 Å². The van der Waals surface area contributed by atoms with Gasteiger partial charge in [-0.1, -0.05) is 24.6 Å². The highest BCUT2D eigenvalue weighted by Gasteiger charge is 2.29. The lowest BCUT2D eigenvalue weighted by molar-refractivity contribution is 0.179. The molecule has 0 amide bonds. The first-order valence-corrected chi connectivity index (χ1v) is 7.96. The Morgan fingerprint density at radius 1 is 1.16 bits per heavy atom. The number of hydrogen-bond acceptors (Lipinski definition) is 3. The Kier molecular flexibility index (Phi) is 5.44. The molecule has 2 aliphatic carbocycles. The fraction of sp³-hybridized carbons (Fsp3) is 0.812. The van der Waals surface area contributed by atoms with E-state index in [1.807, 2.05) is 0 Å². The van der Waals surface area contributed by atoms with Gasteiger partial charge in [-0.3, -0.25) is 0 Å². The molecule has 0 spiro atoms. The van der Waals surface area contributed by atoms with Crippen molar-refractivity contribution in [3.05, 3.63) is 11.1 Å². The van der Waals surface area contributed by atoms with Crippen LogP contribution in [0.4, 0.5) is 0 Å². The Morgan fingerprint density at radius 2 is 1.89 bits per heavy atom. The molecule has 0 aromatic rings. The lowest BCUT2D eigenvalue weighted by Crippen LogP contribution is -2.39. The standard InChI is InChI=1S/C16H28N2O/c1-3-10-18(11-4-2)14-8-9-15-13(12-14)6-5-7-16(15)17-19/h14,19H,3-12H2,1-2H3/b17-16+. The molecule has 0 fully saturated rings. The molecule has 1 unspecified atom stereocenters. The first-order valence-electron chi connectivity index (χ1n) is 7.96. The second-order valence-corrected chi connectivity index (χ2v) is 5.91. The summed E-state index contributed by atoms with van der Waals surface area (Å²) in [4.78, 5) is 2.67. The van der Waals surface area contributed by atoms with E-state index in [0.29, 0.717) is 0 Å². The molecule has 1 atom stereocenters. The second kappa shape index (κ2) is 7.09. The molecule has 0 radical (unpaired) electrons. The van der Waals surface area contributed by atoms with Crippen molar-refractivity contribution in [2.24, 2.45) is 5.16 Å². The van der Waals surface area contributed by atoms with E-state index in [2.05, 4.69) is 23.9 Å². The smallest absolute Gasteiger partial charge is 0.0827 e. The molecule has 0 saturated heterocycles. The highest BCUT2D eigenvalue weighted by molar-refractivity contribution is 6.01. The summed E-state index contributed by atoms with van der Waals surface area (Å²) in [6, 6.07) is 0.719. The molecule has 1 N–H and O–H groups in total. The van der Waals surface area contributed by atoms with Crippen LogP contribution in [-0.2, 0) is 0 Å². The van der Waals surface area contributed by atoms with Gasteiger partial charge in [0.2, 0.25) is 0 Å². The molecule has 3 heteroatoms. The maximum Gasteiger partial charge on any atom is 0.0827 e. The predicted octanol–water partition coefficient (Wildman–Crippen LogP) is 3.97. The Bertz CT molecular complexity index is 354. The lowest BCUT2D eigenvalue weighted by atomic mass is 9.78. The predicted molar refractivity (Wildman–Crippen MR) is 79.9 cm³/mol. The van der Waals surface area contributed by atoms with E-state index in [-0.39, 0.29) is 0 Å². The van der Waals surface area contributed by atoms with Gasteiger partial charge in [0.25, 0.3) is 0 Å². The van der Waals surface area contributed by atoms with Crippen LogP contribution in [-0.4, -0.2) is 35.0 Å². The van der Waals surface area contributed by atoms with Gasteiger partial charge in [-0.15, -0.1) is 0 Å². The SMILES string of the molecule is CCCN(CCC)C1CCC2=C(CCC/C2=N\O)C1. The Balaban J connectivity index is 2.07. The molecule has 2 aliphatic rings. The summed E-state index contributed by atoms with van der Waals surface area (Å²) in [6.45, 7) is 6.99. The van der Waals surface area contributed by atoms with Crippen LogP contribution in [0, 0.1) is 0 Å². The van der Waals surface area contributed by atoms with Gasteiger partial charge in [0, 0.05) is 6.04 Å². The molecule has 0 bridgehead atoms. The van der Waals surface area contributed by atoms with Gasteiger partial charge in [0.1, 0.15) is 0 Å². The van der Waals surface area contributed by atoms with Crippen molar-refractivity contribution in [3.8, 4) is 0 Å². The lowest BCUT2D eigenvalue weighted by Gasteiger charge is -2.37. The van der Waals surface area contributed by atoms with Gasteiger partial charge in [-0.25, -0.2) is 0 Å². The van der Waals surface area contributed by atoms with Crippen molar-refractivity contribution in [1.82, 2.24) is 4.90 Å². The largest absolute Gasteiger partial charge is 0.411 e. The van der Waals surface area contributed by atoms with E-state index in [1.54, 1.807) is 5.57 Å². The third-order valence-corrected chi connectivity index (χ3v) is 4.54. The molecule has 0 heterocycles. The van der Waals surface area contributed by atoms with Crippen molar-refractivity contribution in [2.45, 2.75) is 71.3 Å². The van der Waals surface area contributed by atoms with E-state index < -0.39 is 0 Å². The molecule has 19 heavy (non-hydrogen) atoms. The minimum atomic E-state index is 0.719. The summed E-state index contributed by atoms with van der Waals surface area (Å²) in [6.07, 6.45) is 9.38. The Labute approximate surface area is 117 Å². The normalized spacial score (nSPS) is 26.1. The zero-order chi connectivity index (χ0) is 13.7. The average Bonchev–Trinajstić information content (AvgIpc) is 2.45. The number of nitrogens with zero attached hydrogens (tertiary/aromatic N) is 2. The highest BCUT2D eigenvalue weighted by atomic mass is 16.4. The van der Waals surface area contributed by atoms with Gasteiger partial charge in [0.15, 0.2) is 0 Å². The first-order chi connectivity index (χ1) is 9.30. The summed E-state index contributed by atoms with van der Waals surface area (Å²) in [5, 5.41) is 12.6. The number of oxime groups is 1. The minimum absolute atomic E-state index is 0.719. The summed E-state index contributed by atoms with van der Waals surface area (Å²) in [5.74, 6) is 0. The van der Waals surface area contributed by atoms with Gasteiger partial charge in [-0.2, -0.15) is 0 Å². The number of allylic oxidation sites excluding steroid dienone is 1. The zero-order valence-corrected chi connectivity index (χ0v) is 12.5. The van der Waals surface area contributed by atoms with Crippen molar-refractivity contribution < 1.29 is 5.21 Å². The van der Waals surface area contributed by atoms with Crippen LogP contribution in [0.1, 0.15) is 65.2 Å². The summed E-state index contributed by atoms with van der Waals surface area (Å²) in [7, 11) is 0. The van der Waals surface area contributed by atoms with Crippen LogP contribution < -0.4 is 0 Å². The van der Waals surface area contributed by atoms with Gasteiger partial charge >= 0.3 is 0 Å². The third kappa shape index (κ3) is 3.38. The Morgan fingerprint density at radius 3 is 2.53 bits per heavy atom. The van der Waals surface area contributed by atoms with Crippen LogP contribution in [0.25, 0.3) is 0 Å². The molecule has 108 valence electrons. The van der Waals surface area contributed by atoms with Gasteiger partial charge in [-0.05, 0) is 70.0 Å². The van der Waals surface area contributed by atoms with E-state index in [0.717, 1.165) is 31.0 Å². The van der Waals surface area contributed by atoms with E-state index in [9.17, 15) is 0 Å². The number of rotatable bonds is 5. The molecule has 0 aromatic carbocycles. The van der Waals surface area contributed by atoms with Crippen molar-refractivity contribution in [2.75, 3.05) is 13.1 Å². The van der Waals surface area contributed by atoms with E-state index >= 15 is 0 Å². The topological polar surface area (TPSA) is 35.8 Å². The molecule has 0 aromatic heterocycles. The third-order valence-electron chi connectivity index (χ3n) is 4.54. The van der Waals surface area contributed by atoms with E-state index in [4.69, 9.17) is 5.21 Å². The van der Waals surface area contributed by atoms with Crippen LogP contribution in [0.2, 0.25) is 0 Å². The van der Waals surface area contributed by atoms with Crippen LogP contribution in [0.3, 0.4) is 0 Å².